The van der Waals surface area contributed by atoms with E-state index in [2.05, 4.69) is 10.5 Å². The third kappa shape index (κ3) is 4.96. The molecule has 7 nitrogen and oxygen atoms in total. The number of aryl methyl sites for hydroxylation is 1. The normalized spacial score (nSPS) is 10.6. The van der Waals surface area contributed by atoms with E-state index in [0.717, 1.165) is 6.42 Å². The van der Waals surface area contributed by atoms with Gasteiger partial charge in [-0.15, -0.1) is 0 Å². The fraction of sp³-hybridized carbons (Fsp3) is 0.545. The molecule has 1 amide bonds. The van der Waals surface area contributed by atoms with E-state index in [-0.39, 0.29) is 24.9 Å². The average Bonchev–Trinajstić information content (AvgIpc) is 2.62. The molecule has 2 N–H and O–H groups in total. The standard InChI is InChI=1S/C11H17N3O4/c1-3-4-14(7-11(16)17)6-9(15)12-10-5-8(2)13-18-10/h5H,3-4,6-7H2,1-2H3,(H,12,15)(H,16,17). The zero-order chi connectivity index (χ0) is 13.5. The Morgan fingerprint density at radius 3 is 2.72 bits per heavy atom. The van der Waals surface area contributed by atoms with Gasteiger partial charge in [-0.2, -0.15) is 0 Å². The highest BCUT2D eigenvalue weighted by molar-refractivity contribution is 5.91. The largest absolute Gasteiger partial charge is 0.480 e. The van der Waals surface area contributed by atoms with E-state index in [0.29, 0.717) is 12.2 Å². The van der Waals surface area contributed by atoms with Crippen molar-refractivity contribution in [3.05, 3.63) is 11.8 Å². The van der Waals surface area contributed by atoms with Crippen LogP contribution in [0, 0.1) is 6.92 Å². The van der Waals surface area contributed by atoms with E-state index in [4.69, 9.17) is 9.63 Å². The lowest BCUT2D eigenvalue weighted by Crippen LogP contribution is -2.37. The topological polar surface area (TPSA) is 95.7 Å². The van der Waals surface area contributed by atoms with Crippen LogP contribution in [0.2, 0.25) is 0 Å². The Balaban J connectivity index is 2.47. The molecule has 0 aliphatic heterocycles. The van der Waals surface area contributed by atoms with Crippen LogP contribution in [-0.2, 0) is 9.59 Å². The van der Waals surface area contributed by atoms with E-state index < -0.39 is 5.97 Å². The number of carboxylic acids is 1. The number of anilines is 1. The molecular weight excluding hydrogens is 238 g/mol. The number of hydrogen-bond acceptors (Lipinski definition) is 5. The highest BCUT2D eigenvalue weighted by Gasteiger charge is 2.14. The summed E-state index contributed by atoms with van der Waals surface area (Å²) >= 11 is 0. The average molecular weight is 255 g/mol. The number of carbonyl (C=O) groups is 2. The van der Waals surface area contributed by atoms with Crippen LogP contribution in [-0.4, -0.2) is 46.7 Å². The number of hydrogen-bond donors (Lipinski definition) is 2. The van der Waals surface area contributed by atoms with Crippen molar-refractivity contribution in [2.75, 3.05) is 25.0 Å². The van der Waals surface area contributed by atoms with Gasteiger partial charge in [0.1, 0.15) is 0 Å². The summed E-state index contributed by atoms with van der Waals surface area (Å²) in [5.41, 5.74) is 0.668. The summed E-state index contributed by atoms with van der Waals surface area (Å²) in [6.45, 7) is 4.07. The van der Waals surface area contributed by atoms with Crippen molar-refractivity contribution in [2.45, 2.75) is 20.3 Å². The quantitative estimate of drug-likeness (QED) is 0.745. The van der Waals surface area contributed by atoms with E-state index in [1.807, 2.05) is 6.92 Å². The van der Waals surface area contributed by atoms with Gasteiger partial charge in [-0.05, 0) is 19.9 Å². The second kappa shape index (κ2) is 6.75. The van der Waals surface area contributed by atoms with Gasteiger partial charge in [-0.3, -0.25) is 19.8 Å². The molecule has 0 saturated carbocycles. The molecule has 1 aromatic heterocycles. The molecule has 1 heterocycles. The predicted molar refractivity (Wildman–Crippen MR) is 64.2 cm³/mol. The molecule has 0 aromatic carbocycles. The molecule has 0 spiro atoms. The first-order chi connectivity index (χ1) is 8.51. The number of nitrogens with zero attached hydrogens (tertiary/aromatic N) is 2. The van der Waals surface area contributed by atoms with Crippen LogP contribution in [0.5, 0.6) is 0 Å². The molecule has 0 saturated heterocycles. The Morgan fingerprint density at radius 2 is 2.22 bits per heavy atom. The number of carboxylic acid groups (broad SMARTS) is 1. The molecule has 7 heteroatoms. The predicted octanol–water partition coefficient (Wildman–Crippen LogP) is 0.718. The summed E-state index contributed by atoms with van der Waals surface area (Å²) in [5, 5.41) is 14.9. The Hall–Kier alpha value is -1.89. The molecular formula is C11H17N3O4. The second-order valence-electron chi connectivity index (χ2n) is 3.99. The maximum atomic E-state index is 11.7. The first kappa shape index (κ1) is 14.2. The molecule has 0 unspecified atom stereocenters. The molecule has 1 aromatic rings. The summed E-state index contributed by atoms with van der Waals surface area (Å²) < 4.78 is 4.84. The molecule has 0 aliphatic rings. The van der Waals surface area contributed by atoms with Crippen molar-refractivity contribution < 1.29 is 19.2 Å². The van der Waals surface area contributed by atoms with Crippen molar-refractivity contribution >= 4 is 17.8 Å². The third-order valence-corrected chi connectivity index (χ3v) is 2.16. The Kier molecular flexibility index (Phi) is 5.31. The Bertz CT molecular complexity index is 416. The summed E-state index contributed by atoms with van der Waals surface area (Å²) in [7, 11) is 0. The monoisotopic (exact) mass is 255 g/mol. The van der Waals surface area contributed by atoms with Gasteiger partial charge in [0.25, 0.3) is 0 Å². The molecule has 18 heavy (non-hydrogen) atoms. The lowest BCUT2D eigenvalue weighted by Gasteiger charge is -2.17. The summed E-state index contributed by atoms with van der Waals surface area (Å²) in [6, 6.07) is 1.60. The van der Waals surface area contributed by atoms with Crippen molar-refractivity contribution in [2.24, 2.45) is 0 Å². The zero-order valence-corrected chi connectivity index (χ0v) is 10.5. The second-order valence-corrected chi connectivity index (χ2v) is 3.99. The van der Waals surface area contributed by atoms with Gasteiger partial charge in [-0.1, -0.05) is 12.1 Å². The first-order valence-corrected chi connectivity index (χ1v) is 5.68. The van der Waals surface area contributed by atoms with E-state index in [1.165, 1.54) is 0 Å². The molecule has 1 rings (SSSR count). The fourth-order valence-electron chi connectivity index (χ4n) is 1.52. The number of amides is 1. The Labute approximate surface area is 105 Å². The number of carbonyl (C=O) groups excluding carboxylic acids is 1. The molecule has 100 valence electrons. The van der Waals surface area contributed by atoms with Gasteiger partial charge >= 0.3 is 5.97 Å². The lowest BCUT2D eigenvalue weighted by atomic mass is 10.3. The molecule has 0 radical (unpaired) electrons. The minimum absolute atomic E-state index is 0.0138. The summed E-state index contributed by atoms with van der Waals surface area (Å²) in [6.07, 6.45) is 0.780. The van der Waals surface area contributed by atoms with Crippen LogP contribution in [0.3, 0.4) is 0 Å². The number of rotatable bonds is 7. The maximum Gasteiger partial charge on any atom is 0.317 e. The van der Waals surface area contributed by atoms with Crippen molar-refractivity contribution in [3.8, 4) is 0 Å². The molecule has 0 atom stereocenters. The van der Waals surface area contributed by atoms with Gasteiger partial charge in [0.15, 0.2) is 0 Å². The van der Waals surface area contributed by atoms with E-state index >= 15 is 0 Å². The highest BCUT2D eigenvalue weighted by atomic mass is 16.5. The van der Waals surface area contributed by atoms with Gasteiger partial charge < -0.3 is 9.63 Å². The number of aromatic nitrogens is 1. The van der Waals surface area contributed by atoms with Crippen molar-refractivity contribution in [1.29, 1.82) is 0 Å². The SMILES string of the molecule is CCCN(CC(=O)O)CC(=O)Nc1cc(C)no1. The van der Waals surface area contributed by atoms with Crippen LogP contribution < -0.4 is 5.32 Å². The first-order valence-electron chi connectivity index (χ1n) is 5.68. The van der Waals surface area contributed by atoms with Gasteiger partial charge in [-0.25, -0.2) is 0 Å². The van der Waals surface area contributed by atoms with Crippen LogP contribution in [0.15, 0.2) is 10.6 Å². The maximum absolute atomic E-state index is 11.7. The van der Waals surface area contributed by atoms with Crippen molar-refractivity contribution in [3.63, 3.8) is 0 Å². The third-order valence-electron chi connectivity index (χ3n) is 2.16. The van der Waals surface area contributed by atoms with Gasteiger partial charge in [0.2, 0.25) is 11.8 Å². The smallest absolute Gasteiger partial charge is 0.317 e. The van der Waals surface area contributed by atoms with E-state index in [1.54, 1.807) is 17.9 Å². The van der Waals surface area contributed by atoms with Crippen LogP contribution in [0.4, 0.5) is 5.88 Å². The van der Waals surface area contributed by atoms with Gasteiger partial charge in [0, 0.05) is 6.07 Å². The molecule has 0 bridgehead atoms. The van der Waals surface area contributed by atoms with E-state index in [9.17, 15) is 9.59 Å². The minimum Gasteiger partial charge on any atom is -0.480 e. The molecule has 0 fully saturated rings. The number of nitrogens with one attached hydrogen (secondary N) is 1. The fourth-order valence-corrected chi connectivity index (χ4v) is 1.52. The number of aliphatic carboxylic acids is 1. The van der Waals surface area contributed by atoms with Crippen molar-refractivity contribution in [1.82, 2.24) is 10.1 Å². The van der Waals surface area contributed by atoms with Crippen LogP contribution in [0.1, 0.15) is 19.0 Å². The lowest BCUT2D eigenvalue weighted by molar-refractivity contribution is -0.138. The molecule has 0 aliphatic carbocycles. The zero-order valence-electron chi connectivity index (χ0n) is 10.5. The summed E-state index contributed by atoms with van der Waals surface area (Å²) in [4.78, 5) is 23.8. The van der Waals surface area contributed by atoms with Crippen LogP contribution >= 0.6 is 0 Å². The Morgan fingerprint density at radius 1 is 1.50 bits per heavy atom. The van der Waals surface area contributed by atoms with Gasteiger partial charge in [0.05, 0.1) is 18.8 Å². The van der Waals surface area contributed by atoms with Crippen LogP contribution in [0.25, 0.3) is 0 Å². The minimum atomic E-state index is -0.952. The summed E-state index contributed by atoms with van der Waals surface area (Å²) in [5.74, 6) is -1.00. The highest BCUT2D eigenvalue weighted by Crippen LogP contribution is 2.08.